The summed E-state index contributed by atoms with van der Waals surface area (Å²) in [4.78, 5) is 4.64. The van der Waals surface area contributed by atoms with Crippen molar-refractivity contribution in [2.75, 3.05) is 18.1 Å². The number of benzene rings is 1. The van der Waals surface area contributed by atoms with Crippen LogP contribution in [-0.2, 0) is 0 Å². The molecular weight excluding hydrogens is 302 g/mol. The lowest BCUT2D eigenvalue weighted by Crippen LogP contribution is -2.17. The first kappa shape index (κ1) is 14.9. The summed E-state index contributed by atoms with van der Waals surface area (Å²) in [5.74, 6) is 3.75. The summed E-state index contributed by atoms with van der Waals surface area (Å²) in [6.07, 6.45) is 0. The van der Waals surface area contributed by atoms with Gasteiger partial charge in [-0.25, -0.2) is 0 Å². The zero-order valence-corrected chi connectivity index (χ0v) is 13.6. The molecule has 3 rings (SSSR count). The van der Waals surface area contributed by atoms with Crippen LogP contribution in [0, 0.1) is 0 Å². The third-order valence-corrected chi connectivity index (χ3v) is 6.72. The first-order chi connectivity index (χ1) is 10.3. The predicted molar refractivity (Wildman–Crippen MR) is 88.8 cm³/mol. The Labute approximate surface area is 133 Å². The van der Waals surface area contributed by atoms with Gasteiger partial charge in [0.2, 0.25) is 5.89 Å². The van der Waals surface area contributed by atoms with Gasteiger partial charge in [-0.05, 0) is 5.56 Å². The molecule has 1 aliphatic heterocycles. The van der Waals surface area contributed by atoms with Gasteiger partial charge in [0.15, 0.2) is 5.82 Å². The molecule has 0 spiro atoms. The molecule has 2 N–H and O–H groups in total. The molecular formula is C15H19N3OS2. The number of nitrogens with two attached hydrogens (primary N) is 1. The highest BCUT2D eigenvalue weighted by Crippen LogP contribution is 2.41. The summed E-state index contributed by atoms with van der Waals surface area (Å²) in [7, 11) is 0. The second kappa shape index (κ2) is 6.85. The number of rotatable bonds is 4. The van der Waals surface area contributed by atoms with E-state index in [4.69, 9.17) is 10.3 Å². The Bertz CT molecular complexity index is 575. The zero-order valence-electron chi connectivity index (χ0n) is 11.9. The summed E-state index contributed by atoms with van der Waals surface area (Å²) in [5.41, 5.74) is 7.03. The highest BCUT2D eigenvalue weighted by atomic mass is 32.2. The molecule has 2 heterocycles. The fourth-order valence-electron chi connectivity index (χ4n) is 2.49. The average Bonchev–Trinajstić information content (AvgIpc) is 2.99. The minimum Gasteiger partial charge on any atom is -0.339 e. The molecule has 1 aromatic carbocycles. The molecule has 6 heteroatoms. The third kappa shape index (κ3) is 3.27. The first-order valence-electron chi connectivity index (χ1n) is 7.11. The van der Waals surface area contributed by atoms with E-state index < -0.39 is 0 Å². The van der Waals surface area contributed by atoms with Crippen LogP contribution in [0.25, 0.3) is 0 Å². The fourth-order valence-corrected chi connectivity index (χ4v) is 5.16. The van der Waals surface area contributed by atoms with Gasteiger partial charge in [0.1, 0.15) is 0 Å². The Morgan fingerprint density at radius 3 is 2.76 bits per heavy atom. The largest absolute Gasteiger partial charge is 0.339 e. The van der Waals surface area contributed by atoms with Gasteiger partial charge in [0, 0.05) is 23.3 Å². The van der Waals surface area contributed by atoms with Crippen molar-refractivity contribution in [3.05, 3.63) is 47.6 Å². The van der Waals surface area contributed by atoms with E-state index in [0.717, 1.165) is 17.1 Å². The van der Waals surface area contributed by atoms with Crippen molar-refractivity contribution in [1.82, 2.24) is 10.1 Å². The second-order valence-electron chi connectivity index (χ2n) is 5.06. The highest BCUT2D eigenvalue weighted by Gasteiger charge is 2.29. The minimum atomic E-state index is -0.0241. The van der Waals surface area contributed by atoms with Crippen LogP contribution in [0.4, 0.5) is 0 Å². The molecule has 0 aliphatic carbocycles. The quantitative estimate of drug-likeness (QED) is 0.933. The molecule has 3 atom stereocenters. The van der Waals surface area contributed by atoms with Crippen molar-refractivity contribution in [1.29, 1.82) is 0 Å². The first-order valence-corrected chi connectivity index (χ1v) is 9.21. The SMILES string of the molecule is CC1SCCSC1c1noc(C(CN)c2ccccc2)n1. The van der Waals surface area contributed by atoms with E-state index in [2.05, 4.69) is 29.2 Å². The molecule has 0 bridgehead atoms. The van der Waals surface area contributed by atoms with E-state index in [9.17, 15) is 0 Å². The Morgan fingerprint density at radius 2 is 2.05 bits per heavy atom. The molecule has 1 aromatic heterocycles. The van der Waals surface area contributed by atoms with Crippen LogP contribution in [0.1, 0.15) is 35.4 Å². The maximum atomic E-state index is 5.91. The Morgan fingerprint density at radius 1 is 1.29 bits per heavy atom. The van der Waals surface area contributed by atoms with Gasteiger partial charge in [0.05, 0.1) is 11.2 Å². The van der Waals surface area contributed by atoms with Gasteiger partial charge in [-0.3, -0.25) is 0 Å². The van der Waals surface area contributed by atoms with Gasteiger partial charge >= 0.3 is 0 Å². The topological polar surface area (TPSA) is 64.9 Å². The summed E-state index contributed by atoms with van der Waals surface area (Å²) >= 11 is 3.89. The number of nitrogens with zero attached hydrogens (tertiary/aromatic N) is 2. The molecule has 0 amide bonds. The molecule has 112 valence electrons. The Balaban J connectivity index is 1.83. The number of hydrogen-bond acceptors (Lipinski definition) is 6. The van der Waals surface area contributed by atoms with Crippen molar-refractivity contribution in [2.24, 2.45) is 5.73 Å². The maximum Gasteiger partial charge on any atom is 0.235 e. The molecule has 1 saturated heterocycles. The zero-order chi connectivity index (χ0) is 14.7. The van der Waals surface area contributed by atoms with Crippen molar-refractivity contribution in [2.45, 2.75) is 23.3 Å². The maximum absolute atomic E-state index is 5.91. The third-order valence-electron chi connectivity index (χ3n) is 3.64. The second-order valence-corrected chi connectivity index (χ2v) is 7.79. The highest BCUT2D eigenvalue weighted by molar-refractivity contribution is 8.06. The Hall–Kier alpha value is -0.980. The van der Waals surface area contributed by atoms with Gasteiger partial charge in [-0.15, -0.1) is 11.8 Å². The van der Waals surface area contributed by atoms with Crippen molar-refractivity contribution in [3.8, 4) is 0 Å². The molecule has 21 heavy (non-hydrogen) atoms. The van der Waals surface area contributed by atoms with Crippen LogP contribution in [-0.4, -0.2) is 33.4 Å². The van der Waals surface area contributed by atoms with Gasteiger partial charge in [0.25, 0.3) is 0 Å². The van der Waals surface area contributed by atoms with Crippen LogP contribution >= 0.6 is 23.5 Å². The fraction of sp³-hybridized carbons (Fsp3) is 0.467. The van der Waals surface area contributed by atoms with Crippen molar-refractivity contribution < 1.29 is 4.52 Å². The summed E-state index contributed by atoms with van der Waals surface area (Å²) in [6, 6.07) is 10.1. The van der Waals surface area contributed by atoms with Gasteiger partial charge < -0.3 is 10.3 Å². The molecule has 0 saturated carbocycles. The molecule has 1 fully saturated rings. The van der Waals surface area contributed by atoms with Crippen molar-refractivity contribution in [3.63, 3.8) is 0 Å². The summed E-state index contributed by atoms with van der Waals surface area (Å²) < 4.78 is 5.51. The molecule has 3 unspecified atom stereocenters. The lowest BCUT2D eigenvalue weighted by Gasteiger charge is -2.24. The standard InChI is InChI=1S/C15H19N3OS2/c1-10-13(21-8-7-20-10)14-17-15(19-18-14)12(9-16)11-5-3-2-4-6-11/h2-6,10,12-13H,7-9,16H2,1H3. The van der Waals surface area contributed by atoms with Crippen LogP contribution in [0.5, 0.6) is 0 Å². The normalized spacial score (nSPS) is 23.9. The average molecular weight is 321 g/mol. The number of hydrogen-bond donors (Lipinski definition) is 1. The molecule has 2 aromatic rings. The van der Waals surface area contributed by atoms with Gasteiger partial charge in [-0.1, -0.05) is 42.4 Å². The Kier molecular flexibility index (Phi) is 4.87. The molecule has 4 nitrogen and oxygen atoms in total. The minimum absolute atomic E-state index is 0.0241. The van der Waals surface area contributed by atoms with Crippen LogP contribution < -0.4 is 5.73 Å². The molecule has 1 aliphatic rings. The van der Waals surface area contributed by atoms with E-state index in [-0.39, 0.29) is 5.92 Å². The smallest absolute Gasteiger partial charge is 0.235 e. The molecule has 0 radical (unpaired) electrons. The van der Waals surface area contributed by atoms with E-state index >= 15 is 0 Å². The lowest BCUT2D eigenvalue weighted by molar-refractivity contribution is 0.361. The lowest BCUT2D eigenvalue weighted by atomic mass is 9.99. The van der Waals surface area contributed by atoms with Crippen LogP contribution in [0.2, 0.25) is 0 Å². The number of thioether (sulfide) groups is 2. The van der Waals surface area contributed by atoms with Crippen molar-refractivity contribution >= 4 is 23.5 Å². The van der Waals surface area contributed by atoms with E-state index in [0.29, 0.717) is 22.9 Å². The van der Waals surface area contributed by atoms with Gasteiger partial charge in [-0.2, -0.15) is 16.7 Å². The van der Waals surface area contributed by atoms with E-state index in [1.807, 2.05) is 41.7 Å². The van der Waals surface area contributed by atoms with Crippen LogP contribution in [0.3, 0.4) is 0 Å². The van der Waals surface area contributed by atoms with E-state index in [1.54, 1.807) is 0 Å². The monoisotopic (exact) mass is 321 g/mol. The predicted octanol–water partition coefficient (Wildman–Crippen LogP) is 3.07. The summed E-state index contributed by atoms with van der Waals surface area (Å²) in [5, 5.41) is 5.04. The number of aromatic nitrogens is 2. The summed E-state index contributed by atoms with van der Waals surface area (Å²) in [6.45, 7) is 2.70. The van der Waals surface area contributed by atoms with E-state index in [1.165, 1.54) is 5.75 Å². The van der Waals surface area contributed by atoms with Crippen LogP contribution in [0.15, 0.2) is 34.9 Å².